The van der Waals surface area contributed by atoms with Crippen LogP contribution in [-0.2, 0) is 0 Å². The van der Waals surface area contributed by atoms with E-state index in [1.807, 2.05) is 12.1 Å². The number of carboxylic acid groups (broad SMARTS) is 1. The van der Waals surface area contributed by atoms with Crippen molar-refractivity contribution in [2.45, 2.75) is 0 Å². The third-order valence-electron chi connectivity index (χ3n) is 2.12. The summed E-state index contributed by atoms with van der Waals surface area (Å²) in [6, 6.07) is 10.3. The van der Waals surface area contributed by atoms with Crippen LogP contribution in [0.5, 0.6) is 0 Å². The summed E-state index contributed by atoms with van der Waals surface area (Å²) in [6.45, 7) is 0. The van der Waals surface area contributed by atoms with E-state index in [-0.39, 0.29) is 35.1 Å². The second-order valence-electron chi connectivity index (χ2n) is 3.11. The van der Waals surface area contributed by atoms with Crippen LogP contribution in [-0.4, -0.2) is 11.0 Å². The van der Waals surface area contributed by atoms with Gasteiger partial charge in [-0.2, -0.15) is 0 Å². The summed E-state index contributed by atoms with van der Waals surface area (Å²) in [6.07, 6.45) is 3.42. The molecule has 0 spiro atoms. The summed E-state index contributed by atoms with van der Waals surface area (Å²) in [5.41, 5.74) is 2.08. The maximum atomic E-state index is 10.5. The van der Waals surface area contributed by atoms with Crippen molar-refractivity contribution in [3.63, 3.8) is 0 Å². The van der Waals surface area contributed by atoms with E-state index in [0.717, 1.165) is 11.1 Å². The zero-order chi connectivity index (χ0) is 10.7. The van der Waals surface area contributed by atoms with Gasteiger partial charge in [0.2, 0.25) is 0 Å². The Morgan fingerprint density at radius 2 is 1.75 bits per heavy atom. The number of hydrogen-bond acceptors (Lipinski definition) is 3. The summed E-state index contributed by atoms with van der Waals surface area (Å²) in [5.74, 6) is -1.16. The van der Waals surface area contributed by atoms with Crippen molar-refractivity contribution in [3.8, 4) is 11.1 Å². The molecule has 0 fully saturated rings. The van der Waals surface area contributed by atoms with Crippen LogP contribution in [0.3, 0.4) is 0 Å². The number of pyridine rings is 1. The van der Waals surface area contributed by atoms with E-state index < -0.39 is 5.97 Å². The van der Waals surface area contributed by atoms with Crippen molar-refractivity contribution < 1.29 is 39.5 Å². The zero-order valence-corrected chi connectivity index (χ0v) is 10.9. The second-order valence-corrected chi connectivity index (χ2v) is 3.11. The van der Waals surface area contributed by atoms with Crippen LogP contribution >= 0.6 is 0 Å². The first-order valence-corrected chi connectivity index (χ1v) is 4.49. The van der Waals surface area contributed by atoms with E-state index in [1.54, 1.807) is 24.5 Å². The average Bonchev–Trinajstić information content (AvgIpc) is 2.30. The number of carbonyl (C=O) groups excluding carboxylic acids is 1. The Morgan fingerprint density at radius 1 is 1.06 bits per heavy atom. The van der Waals surface area contributed by atoms with Crippen molar-refractivity contribution in [2.24, 2.45) is 0 Å². The van der Waals surface area contributed by atoms with E-state index in [0.29, 0.717) is 0 Å². The van der Waals surface area contributed by atoms with Gasteiger partial charge in [-0.15, -0.1) is 0 Å². The first-order valence-electron chi connectivity index (χ1n) is 4.49. The van der Waals surface area contributed by atoms with Crippen LogP contribution in [0.2, 0.25) is 0 Å². The van der Waals surface area contributed by atoms with Crippen LogP contribution in [0.25, 0.3) is 11.1 Å². The molecular formula is C12H8NNaO2. The zero-order valence-electron chi connectivity index (χ0n) is 8.88. The smallest absolute Gasteiger partial charge is 0.545 e. The van der Waals surface area contributed by atoms with Crippen LogP contribution < -0.4 is 34.7 Å². The van der Waals surface area contributed by atoms with Gasteiger partial charge in [-0.25, -0.2) is 0 Å². The number of aromatic carboxylic acids is 1. The summed E-state index contributed by atoms with van der Waals surface area (Å²) >= 11 is 0. The maximum absolute atomic E-state index is 10.5. The number of carboxylic acids is 1. The molecule has 4 heteroatoms. The Hall–Kier alpha value is -1.16. The molecule has 0 aliphatic rings. The molecule has 1 heterocycles. The van der Waals surface area contributed by atoms with Crippen molar-refractivity contribution in [1.29, 1.82) is 0 Å². The molecule has 16 heavy (non-hydrogen) atoms. The minimum atomic E-state index is -1.16. The van der Waals surface area contributed by atoms with Crippen molar-refractivity contribution >= 4 is 5.97 Å². The van der Waals surface area contributed by atoms with Gasteiger partial charge in [0, 0.05) is 12.4 Å². The average molecular weight is 221 g/mol. The Morgan fingerprint density at radius 3 is 2.25 bits per heavy atom. The number of aromatic nitrogens is 1. The molecule has 0 amide bonds. The SMILES string of the molecule is O=C([O-])c1ccc(-c2cccnc2)cc1.[Na+]. The topological polar surface area (TPSA) is 53.0 Å². The first-order chi connectivity index (χ1) is 7.27. The summed E-state index contributed by atoms with van der Waals surface area (Å²) in [5, 5.41) is 10.5. The fraction of sp³-hybridized carbons (Fsp3) is 0. The molecule has 0 unspecified atom stereocenters. The third kappa shape index (κ3) is 2.92. The minimum absolute atomic E-state index is 0. The summed E-state index contributed by atoms with van der Waals surface area (Å²) < 4.78 is 0. The molecule has 0 saturated carbocycles. The van der Waals surface area contributed by atoms with Crippen molar-refractivity contribution in [1.82, 2.24) is 4.98 Å². The Bertz CT molecular complexity index is 468. The van der Waals surface area contributed by atoms with Gasteiger partial charge in [-0.1, -0.05) is 30.3 Å². The molecule has 0 N–H and O–H groups in total. The van der Waals surface area contributed by atoms with E-state index in [1.165, 1.54) is 12.1 Å². The van der Waals surface area contributed by atoms with Crippen LogP contribution in [0, 0.1) is 0 Å². The molecule has 3 nitrogen and oxygen atoms in total. The minimum Gasteiger partial charge on any atom is -0.545 e. The predicted octanol–water partition coefficient (Wildman–Crippen LogP) is -1.88. The van der Waals surface area contributed by atoms with Gasteiger partial charge in [0.15, 0.2) is 0 Å². The van der Waals surface area contributed by atoms with Crippen molar-refractivity contribution in [3.05, 3.63) is 54.4 Å². The molecule has 2 rings (SSSR count). The molecule has 0 atom stereocenters. The Balaban J connectivity index is 0.00000128. The molecule has 1 aromatic heterocycles. The van der Waals surface area contributed by atoms with E-state index in [2.05, 4.69) is 4.98 Å². The molecule has 0 saturated heterocycles. The molecule has 0 aliphatic heterocycles. The first kappa shape index (κ1) is 12.9. The van der Waals surface area contributed by atoms with Gasteiger partial charge in [-0.05, 0) is 22.8 Å². The number of hydrogen-bond donors (Lipinski definition) is 0. The molecule has 74 valence electrons. The van der Waals surface area contributed by atoms with E-state index in [9.17, 15) is 9.90 Å². The van der Waals surface area contributed by atoms with Crippen LogP contribution in [0.15, 0.2) is 48.8 Å². The van der Waals surface area contributed by atoms with Crippen molar-refractivity contribution in [2.75, 3.05) is 0 Å². The largest absolute Gasteiger partial charge is 1.00 e. The number of benzene rings is 1. The fourth-order valence-electron chi connectivity index (χ4n) is 1.33. The standard InChI is InChI=1S/C12H9NO2.Na/c14-12(15)10-5-3-9(4-6-10)11-2-1-7-13-8-11;/h1-8H,(H,14,15);/q;+1/p-1. The van der Waals surface area contributed by atoms with Gasteiger partial charge >= 0.3 is 29.6 Å². The monoisotopic (exact) mass is 221 g/mol. The van der Waals surface area contributed by atoms with Crippen LogP contribution in [0.4, 0.5) is 0 Å². The third-order valence-corrected chi connectivity index (χ3v) is 2.12. The number of nitrogens with zero attached hydrogens (tertiary/aromatic N) is 1. The molecular weight excluding hydrogens is 213 g/mol. The van der Waals surface area contributed by atoms with E-state index in [4.69, 9.17) is 0 Å². The maximum Gasteiger partial charge on any atom is 1.00 e. The number of rotatable bonds is 2. The van der Waals surface area contributed by atoms with Gasteiger partial charge in [0.05, 0.1) is 5.97 Å². The summed E-state index contributed by atoms with van der Waals surface area (Å²) in [4.78, 5) is 14.5. The van der Waals surface area contributed by atoms with Gasteiger partial charge in [0.25, 0.3) is 0 Å². The Labute approximate surface area is 115 Å². The molecule has 0 bridgehead atoms. The fourth-order valence-corrected chi connectivity index (χ4v) is 1.33. The van der Waals surface area contributed by atoms with Gasteiger partial charge in [0.1, 0.15) is 0 Å². The predicted molar refractivity (Wildman–Crippen MR) is 54.0 cm³/mol. The quantitative estimate of drug-likeness (QED) is 0.557. The second kappa shape index (κ2) is 5.80. The summed E-state index contributed by atoms with van der Waals surface area (Å²) in [7, 11) is 0. The van der Waals surface area contributed by atoms with Gasteiger partial charge < -0.3 is 9.90 Å². The normalized spacial score (nSPS) is 9.25. The number of carbonyl (C=O) groups is 1. The molecule has 0 radical (unpaired) electrons. The Kier molecular flexibility index (Phi) is 4.68. The molecule has 0 aliphatic carbocycles. The van der Waals surface area contributed by atoms with Crippen LogP contribution in [0.1, 0.15) is 10.4 Å². The molecule has 1 aromatic carbocycles. The van der Waals surface area contributed by atoms with Gasteiger partial charge in [-0.3, -0.25) is 4.98 Å². The van der Waals surface area contributed by atoms with E-state index >= 15 is 0 Å². The molecule has 2 aromatic rings.